The normalized spacial score (nSPS) is 11.4. The summed E-state index contributed by atoms with van der Waals surface area (Å²) in [5.74, 6) is 0. The molecule has 0 aliphatic heterocycles. The molecule has 19 heavy (non-hydrogen) atoms. The van der Waals surface area contributed by atoms with Gasteiger partial charge in [0, 0.05) is 17.3 Å². The van der Waals surface area contributed by atoms with E-state index in [1.54, 1.807) is 6.20 Å². The minimum atomic E-state index is 0.576. The number of nitrogens with two attached hydrogens (primary N) is 1. The summed E-state index contributed by atoms with van der Waals surface area (Å²) < 4.78 is 9.40. The number of nitrogens with zero attached hydrogens (tertiary/aromatic N) is 4. The topological polar surface area (TPSA) is 77.6 Å². The third kappa shape index (κ3) is 1.66. The summed E-state index contributed by atoms with van der Waals surface area (Å²) in [4.78, 5) is 8.70. The van der Waals surface area contributed by atoms with E-state index in [1.807, 2.05) is 24.3 Å². The van der Waals surface area contributed by atoms with Gasteiger partial charge in [0.1, 0.15) is 5.52 Å². The predicted molar refractivity (Wildman–Crippen MR) is 78.2 cm³/mol. The molecule has 3 aromatic heterocycles. The van der Waals surface area contributed by atoms with E-state index >= 15 is 0 Å². The molecular formula is C12H7N5S2. The maximum atomic E-state index is 5.78. The quantitative estimate of drug-likeness (QED) is 0.582. The van der Waals surface area contributed by atoms with Gasteiger partial charge in [0.2, 0.25) is 0 Å². The van der Waals surface area contributed by atoms with Crippen molar-refractivity contribution in [3.8, 4) is 11.1 Å². The summed E-state index contributed by atoms with van der Waals surface area (Å²) in [5, 5.41) is 0.576. The van der Waals surface area contributed by atoms with E-state index in [2.05, 4.69) is 18.7 Å². The first-order valence-electron chi connectivity index (χ1n) is 5.55. The maximum Gasteiger partial charge on any atom is 0.193 e. The van der Waals surface area contributed by atoms with Gasteiger partial charge in [0.15, 0.2) is 10.8 Å². The minimum Gasteiger partial charge on any atom is -0.375 e. The fourth-order valence-corrected chi connectivity index (χ4v) is 3.27. The van der Waals surface area contributed by atoms with Crippen LogP contribution in [-0.4, -0.2) is 18.7 Å². The lowest BCUT2D eigenvalue weighted by molar-refractivity contribution is 1.36. The first-order valence-corrected chi connectivity index (χ1v) is 7.10. The number of hydrogen-bond donors (Lipinski definition) is 1. The second kappa shape index (κ2) is 3.94. The highest BCUT2D eigenvalue weighted by atomic mass is 32.1. The van der Waals surface area contributed by atoms with Gasteiger partial charge in [-0.3, -0.25) is 0 Å². The molecule has 92 valence electrons. The summed E-state index contributed by atoms with van der Waals surface area (Å²) in [6.07, 6.45) is 1.80. The predicted octanol–water partition coefficient (Wildman–Crippen LogP) is 2.95. The lowest BCUT2D eigenvalue weighted by Gasteiger charge is -2.01. The van der Waals surface area contributed by atoms with E-state index in [0.717, 1.165) is 26.9 Å². The average Bonchev–Trinajstić information content (AvgIpc) is 3.01. The zero-order valence-corrected chi connectivity index (χ0v) is 11.2. The third-order valence-corrected chi connectivity index (χ3v) is 4.24. The van der Waals surface area contributed by atoms with Crippen molar-refractivity contribution in [3.05, 3.63) is 30.5 Å². The van der Waals surface area contributed by atoms with Crippen molar-refractivity contribution in [3.63, 3.8) is 0 Å². The highest BCUT2D eigenvalue weighted by Crippen LogP contribution is 2.32. The van der Waals surface area contributed by atoms with Crippen molar-refractivity contribution in [2.45, 2.75) is 0 Å². The number of hydrogen-bond acceptors (Lipinski definition) is 7. The van der Waals surface area contributed by atoms with Crippen LogP contribution in [0, 0.1) is 0 Å². The molecule has 0 saturated carbocycles. The molecule has 0 bridgehead atoms. The van der Waals surface area contributed by atoms with Gasteiger partial charge in [0.05, 0.1) is 21.9 Å². The molecule has 7 heteroatoms. The number of pyridine rings is 1. The largest absolute Gasteiger partial charge is 0.375 e. The molecule has 0 radical (unpaired) electrons. The van der Waals surface area contributed by atoms with Crippen LogP contribution in [0.2, 0.25) is 0 Å². The highest BCUT2D eigenvalue weighted by Gasteiger charge is 2.10. The van der Waals surface area contributed by atoms with Crippen LogP contribution < -0.4 is 5.73 Å². The summed E-state index contributed by atoms with van der Waals surface area (Å²) >= 11 is 2.66. The monoisotopic (exact) mass is 285 g/mol. The fourth-order valence-electron chi connectivity index (χ4n) is 2.03. The Morgan fingerprint density at radius 2 is 2.11 bits per heavy atom. The standard InChI is InChI=1S/C12H7N5S2/c13-12-15-10-7(2-1-3-9(10)18-12)6-4-8-11(14-5-6)17-19-16-8/h1-5H,(H2,13,15). The Morgan fingerprint density at radius 1 is 1.16 bits per heavy atom. The van der Waals surface area contributed by atoms with Gasteiger partial charge in [-0.25, -0.2) is 9.97 Å². The molecule has 4 rings (SSSR count). The molecule has 4 aromatic rings. The average molecular weight is 285 g/mol. The molecule has 0 fully saturated rings. The van der Waals surface area contributed by atoms with Gasteiger partial charge in [-0.05, 0) is 12.1 Å². The fraction of sp³-hybridized carbons (Fsp3) is 0. The molecular weight excluding hydrogens is 278 g/mol. The van der Waals surface area contributed by atoms with Gasteiger partial charge < -0.3 is 5.73 Å². The summed E-state index contributed by atoms with van der Waals surface area (Å²) in [6.45, 7) is 0. The van der Waals surface area contributed by atoms with Crippen LogP contribution in [0.3, 0.4) is 0 Å². The highest BCUT2D eigenvalue weighted by molar-refractivity contribution is 7.22. The van der Waals surface area contributed by atoms with Crippen molar-refractivity contribution in [2.24, 2.45) is 0 Å². The van der Waals surface area contributed by atoms with Gasteiger partial charge >= 0.3 is 0 Å². The maximum absolute atomic E-state index is 5.78. The van der Waals surface area contributed by atoms with E-state index < -0.39 is 0 Å². The molecule has 3 heterocycles. The molecule has 0 amide bonds. The molecule has 0 unspecified atom stereocenters. The Bertz CT molecular complexity index is 895. The van der Waals surface area contributed by atoms with E-state index in [-0.39, 0.29) is 0 Å². The number of aromatic nitrogens is 4. The Morgan fingerprint density at radius 3 is 3.05 bits per heavy atom. The van der Waals surface area contributed by atoms with Crippen LogP contribution >= 0.6 is 23.1 Å². The number of anilines is 1. The Hall–Kier alpha value is -2.12. The SMILES string of the molecule is Nc1nc2c(-c3cnc4nsnc4c3)cccc2s1. The minimum absolute atomic E-state index is 0.576. The Labute approximate surface area is 116 Å². The number of nitrogen functional groups attached to an aromatic ring is 1. The van der Waals surface area contributed by atoms with Crippen LogP contribution in [0.4, 0.5) is 5.13 Å². The lowest BCUT2D eigenvalue weighted by Crippen LogP contribution is -1.85. The molecule has 0 aliphatic carbocycles. The third-order valence-electron chi connectivity index (χ3n) is 2.86. The summed E-state index contributed by atoms with van der Waals surface area (Å²) in [7, 11) is 0. The van der Waals surface area contributed by atoms with Crippen LogP contribution in [0.1, 0.15) is 0 Å². The zero-order valence-electron chi connectivity index (χ0n) is 9.57. The molecule has 0 atom stereocenters. The van der Waals surface area contributed by atoms with Gasteiger partial charge in [-0.15, -0.1) is 0 Å². The van der Waals surface area contributed by atoms with Gasteiger partial charge in [-0.2, -0.15) is 8.75 Å². The summed E-state index contributed by atoms with van der Waals surface area (Å²) in [5.41, 5.74) is 10.2. The molecule has 0 aliphatic rings. The number of thiazole rings is 1. The van der Waals surface area contributed by atoms with Crippen LogP contribution in [0.15, 0.2) is 30.5 Å². The van der Waals surface area contributed by atoms with E-state index in [4.69, 9.17) is 5.73 Å². The van der Waals surface area contributed by atoms with Crippen molar-refractivity contribution in [1.29, 1.82) is 0 Å². The smallest absolute Gasteiger partial charge is 0.193 e. The number of rotatable bonds is 1. The van der Waals surface area contributed by atoms with E-state index in [9.17, 15) is 0 Å². The van der Waals surface area contributed by atoms with Crippen LogP contribution in [-0.2, 0) is 0 Å². The first kappa shape index (κ1) is 10.8. The number of benzene rings is 1. The Kier molecular flexibility index (Phi) is 2.23. The van der Waals surface area contributed by atoms with Crippen molar-refractivity contribution in [1.82, 2.24) is 18.7 Å². The lowest BCUT2D eigenvalue weighted by atomic mass is 10.1. The number of para-hydroxylation sites is 1. The van der Waals surface area contributed by atoms with E-state index in [1.165, 1.54) is 23.1 Å². The van der Waals surface area contributed by atoms with Crippen LogP contribution in [0.5, 0.6) is 0 Å². The van der Waals surface area contributed by atoms with Crippen molar-refractivity contribution in [2.75, 3.05) is 5.73 Å². The molecule has 2 N–H and O–H groups in total. The molecule has 1 aromatic carbocycles. The first-order chi connectivity index (χ1) is 9.31. The number of fused-ring (bicyclic) bond motifs is 2. The van der Waals surface area contributed by atoms with E-state index in [0.29, 0.717) is 10.8 Å². The second-order valence-electron chi connectivity index (χ2n) is 4.04. The summed E-state index contributed by atoms with van der Waals surface area (Å²) in [6, 6.07) is 8.02. The Balaban J connectivity index is 2.02. The molecule has 5 nitrogen and oxygen atoms in total. The van der Waals surface area contributed by atoms with Crippen molar-refractivity contribution < 1.29 is 0 Å². The zero-order chi connectivity index (χ0) is 12.8. The van der Waals surface area contributed by atoms with Crippen LogP contribution in [0.25, 0.3) is 32.5 Å². The van der Waals surface area contributed by atoms with Gasteiger partial charge in [0.25, 0.3) is 0 Å². The van der Waals surface area contributed by atoms with Crippen molar-refractivity contribution >= 4 is 49.6 Å². The van der Waals surface area contributed by atoms with Gasteiger partial charge in [-0.1, -0.05) is 23.5 Å². The second-order valence-corrected chi connectivity index (χ2v) is 5.63. The molecule has 0 saturated heterocycles. The molecule has 0 spiro atoms.